The molecule has 7 nitrogen and oxygen atoms in total. The summed E-state index contributed by atoms with van der Waals surface area (Å²) in [7, 11) is 0. The molecule has 0 fully saturated rings. The molecule has 0 aliphatic rings. The Morgan fingerprint density at radius 3 is 1.69 bits per heavy atom. The predicted molar refractivity (Wildman–Crippen MR) is 287 cm³/mol. The fourth-order valence-corrected chi connectivity index (χ4v) is 10.8. The third-order valence-corrected chi connectivity index (χ3v) is 14.0. The van der Waals surface area contributed by atoms with Gasteiger partial charge in [0.2, 0.25) is 0 Å². The van der Waals surface area contributed by atoms with Gasteiger partial charge in [-0.05, 0) is 82.7 Å². The molecule has 0 unspecified atom stereocenters. The number of pyridine rings is 1. The number of hydrogen-bond donors (Lipinski definition) is 0. The van der Waals surface area contributed by atoms with Gasteiger partial charge >= 0.3 is 0 Å². The van der Waals surface area contributed by atoms with Gasteiger partial charge in [-0.2, -0.15) is 18.2 Å². The predicted octanol–water partition coefficient (Wildman–Crippen LogP) is 15.1. The maximum Gasteiger partial charge on any atom is 0.268 e. The van der Waals surface area contributed by atoms with Gasteiger partial charge < -0.3 is 23.0 Å². The first-order valence-electron chi connectivity index (χ1n) is 24.1. The summed E-state index contributed by atoms with van der Waals surface area (Å²) in [6, 6.07) is 79.9. The van der Waals surface area contributed by atoms with Crippen LogP contribution < -0.4 is 9.30 Å². The second kappa shape index (κ2) is 16.8. The van der Waals surface area contributed by atoms with Crippen LogP contribution >= 0.6 is 0 Å². The zero-order valence-electron chi connectivity index (χ0n) is 39.6. The molecule has 14 aromatic rings. The Bertz CT molecular complexity index is 4410. The molecule has 0 saturated carbocycles. The van der Waals surface area contributed by atoms with E-state index in [4.69, 9.17) is 9.72 Å². The Labute approximate surface area is 430 Å². The Balaban J connectivity index is 0.00000504. The van der Waals surface area contributed by atoms with Crippen molar-refractivity contribution in [3.63, 3.8) is 0 Å². The second-order valence-electron chi connectivity index (χ2n) is 19.2. The first-order chi connectivity index (χ1) is 34.9. The fourth-order valence-electron chi connectivity index (χ4n) is 10.8. The van der Waals surface area contributed by atoms with Crippen LogP contribution in [-0.4, -0.2) is 23.3 Å². The van der Waals surface area contributed by atoms with Crippen molar-refractivity contribution in [1.82, 2.24) is 23.3 Å². The van der Waals surface area contributed by atoms with E-state index in [0.717, 1.165) is 83.5 Å². The number of para-hydroxylation sites is 7. The van der Waals surface area contributed by atoms with E-state index in [0.29, 0.717) is 11.5 Å². The van der Waals surface area contributed by atoms with Gasteiger partial charge in [0.25, 0.3) is 6.33 Å². The molecule has 0 aliphatic carbocycles. The largest absolute Gasteiger partial charge is 0.510 e. The number of imidazole rings is 1. The molecule has 0 spiro atoms. The van der Waals surface area contributed by atoms with Gasteiger partial charge in [0.15, 0.2) is 0 Å². The van der Waals surface area contributed by atoms with Crippen LogP contribution in [0.5, 0.6) is 11.5 Å². The molecule has 0 amide bonds. The molecule has 5 heterocycles. The van der Waals surface area contributed by atoms with E-state index in [1.165, 1.54) is 27.1 Å². The standard InChI is InChI=1S/C64H44N6O.Pt/c1-64(2,3)42-36-37-65-57(38-42)70-56-40-48(71-47-27-19-26-46(39-47)67-41-66(43-20-7-4-8-21-43)54-32-17-18-33-55(54)67)34-35-51(56)60-61-58(49-28-13-15-30-52(49)68(61)44-22-9-5-10-23-44)59-50-29-14-16-31-53(50)69(62(59)63(60)70)45-24-11-6-12-25-45;/h4-38H,1-3H3;/q-2;. The summed E-state index contributed by atoms with van der Waals surface area (Å²) in [5.41, 5.74) is 13.4. The van der Waals surface area contributed by atoms with Crippen molar-refractivity contribution < 1.29 is 30.4 Å². The minimum absolute atomic E-state index is 0. The van der Waals surface area contributed by atoms with Crippen molar-refractivity contribution in [2.24, 2.45) is 0 Å². The SMILES string of the molecule is CC(C)(C)c1ccnc(-n2c3[c-]c(Oc4[c-]c(-[n+]5[c-]n(-c6ccccc6)c6ccccc65)ccc4)ccc3c3c2c2c(c4ccccc4n2-c2ccccc2)c2c4ccccc4n(-c4ccccc4)c23)c1.[Pt]. The summed E-state index contributed by atoms with van der Waals surface area (Å²) in [5, 5.41) is 6.87. The summed E-state index contributed by atoms with van der Waals surface area (Å²) in [6.07, 6.45) is 5.54. The number of aromatic nitrogens is 6. The molecule has 14 rings (SSSR count). The van der Waals surface area contributed by atoms with E-state index in [2.05, 4.69) is 221 Å². The molecule has 9 aromatic carbocycles. The van der Waals surface area contributed by atoms with Crippen LogP contribution in [0.15, 0.2) is 212 Å². The van der Waals surface area contributed by atoms with Crippen molar-refractivity contribution >= 4 is 76.5 Å². The molecule has 0 aliphatic heterocycles. The van der Waals surface area contributed by atoms with Crippen molar-refractivity contribution in [1.29, 1.82) is 0 Å². The van der Waals surface area contributed by atoms with Crippen LogP contribution in [0.1, 0.15) is 26.3 Å². The van der Waals surface area contributed by atoms with Gasteiger partial charge in [0.1, 0.15) is 5.82 Å². The van der Waals surface area contributed by atoms with E-state index in [1.807, 2.05) is 53.2 Å². The maximum atomic E-state index is 6.88. The molecule has 0 N–H and O–H groups in total. The topological polar surface area (TPSA) is 45.7 Å². The minimum atomic E-state index is -0.140. The van der Waals surface area contributed by atoms with E-state index in [-0.39, 0.29) is 26.5 Å². The van der Waals surface area contributed by atoms with Gasteiger partial charge in [0.05, 0.1) is 44.3 Å². The molecule has 0 radical (unpaired) electrons. The van der Waals surface area contributed by atoms with Crippen LogP contribution in [0.4, 0.5) is 0 Å². The van der Waals surface area contributed by atoms with Crippen molar-refractivity contribution in [3.8, 4) is 40.1 Å². The average molecular weight is 1110 g/mol. The summed E-state index contributed by atoms with van der Waals surface area (Å²) in [6.45, 7) is 6.76. The summed E-state index contributed by atoms with van der Waals surface area (Å²) in [5.74, 6) is 1.92. The van der Waals surface area contributed by atoms with Crippen LogP contribution in [0.3, 0.4) is 0 Å². The molecular formula is C64H44N6OPt-2. The number of rotatable bonds is 7. The quantitative estimate of drug-likeness (QED) is 0.118. The first-order valence-corrected chi connectivity index (χ1v) is 24.1. The van der Waals surface area contributed by atoms with Gasteiger partial charge in [-0.1, -0.05) is 147 Å². The molecule has 5 aromatic heterocycles. The number of benzene rings is 9. The third kappa shape index (κ3) is 6.68. The average Bonchev–Trinajstić information content (AvgIpc) is 4.16. The number of hydrogen-bond acceptors (Lipinski definition) is 2. The molecule has 0 saturated heterocycles. The van der Waals surface area contributed by atoms with E-state index >= 15 is 0 Å². The minimum Gasteiger partial charge on any atom is -0.510 e. The zero-order valence-corrected chi connectivity index (χ0v) is 41.9. The van der Waals surface area contributed by atoms with Gasteiger partial charge in [-0.15, -0.1) is 24.3 Å². The van der Waals surface area contributed by atoms with Gasteiger partial charge in [0, 0.05) is 71.7 Å². The second-order valence-corrected chi connectivity index (χ2v) is 19.2. The smallest absolute Gasteiger partial charge is 0.268 e. The van der Waals surface area contributed by atoms with E-state index < -0.39 is 0 Å². The number of ether oxygens (including phenoxy) is 1. The number of nitrogens with zero attached hydrogens (tertiary/aromatic N) is 6. The zero-order chi connectivity index (χ0) is 47.4. The maximum absolute atomic E-state index is 6.88. The van der Waals surface area contributed by atoms with Crippen LogP contribution in [-0.2, 0) is 26.5 Å². The van der Waals surface area contributed by atoms with E-state index in [1.54, 1.807) is 0 Å². The fraction of sp³-hybridized carbons (Fsp3) is 0.0625. The molecule has 72 heavy (non-hydrogen) atoms. The van der Waals surface area contributed by atoms with Crippen molar-refractivity contribution in [2.75, 3.05) is 0 Å². The first kappa shape index (κ1) is 43.5. The van der Waals surface area contributed by atoms with Crippen LogP contribution in [0.2, 0.25) is 0 Å². The van der Waals surface area contributed by atoms with Crippen molar-refractivity contribution in [2.45, 2.75) is 26.2 Å². The number of fused-ring (bicyclic) bond motifs is 13. The van der Waals surface area contributed by atoms with Crippen molar-refractivity contribution in [3.05, 3.63) is 236 Å². The Morgan fingerprint density at radius 1 is 0.472 bits per heavy atom. The van der Waals surface area contributed by atoms with Gasteiger partial charge in [-0.3, -0.25) is 4.57 Å². The summed E-state index contributed by atoms with van der Waals surface area (Å²) >= 11 is 0. The Kier molecular flexibility index (Phi) is 10.2. The molecule has 8 heteroatoms. The van der Waals surface area contributed by atoms with Gasteiger partial charge in [-0.25, -0.2) is 4.98 Å². The van der Waals surface area contributed by atoms with Crippen LogP contribution in [0.25, 0.3) is 105 Å². The Hall–Kier alpha value is -8.51. The summed E-state index contributed by atoms with van der Waals surface area (Å²) < 4.78 is 18.3. The molecule has 0 bridgehead atoms. The summed E-state index contributed by atoms with van der Waals surface area (Å²) in [4.78, 5) is 5.24. The van der Waals surface area contributed by atoms with Crippen LogP contribution in [0, 0.1) is 18.5 Å². The molecular weight excluding hydrogens is 1060 g/mol. The normalized spacial score (nSPS) is 12.0. The third-order valence-electron chi connectivity index (χ3n) is 14.0. The molecule has 0 atom stereocenters. The molecule has 348 valence electrons. The monoisotopic (exact) mass is 1110 g/mol. The van der Waals surface area contributed by atoms with E-state index in [9.17, 15) is 0 Å². The Morgan fingerprint density at radius 2 is 1.03 bits per heavy atom.